The third-order valence-corrected chi connectivity index (χ3v) is 28.4. The number of fused-ring (bicyclic) bond motifs is 8. The molecule has 1 fully saturated rings. The van der Waals surface area contributed by atoms with Gasteiger partial charge in [0.1, 0.15) is 52.7 Å². The Morgan fingerprint density at radius 2 is 0.671 bits per heavy atom. The van der Waals surface area contributed by atoms with E-state index in [2.05, 4.69) is 162 Å². The first-order valence-corrected chi connectivity index (χ1v) is 54.7. The van der Waals surface area contributed by atoms with Gasteiger partial charge in [0.2, 0.25) is 23.6 Å². The van der Waals surface area contributed by atoms with Gasteiger partial charge in [-0.1, -0.05) is 189 Å². The zero-order valence-corrected chi connectivity index (χ0v) is 92.2. The quantitative estimate of drug-likeness (QED) is 0.0127. The van der Waals surface area contributed by atoms with Crippen LogP contribution in [-0.2, 0) is 89.5 Å². The predicted octanol–water partition coefficient (Wildman–Crippen LogP) is 22.4. The molecule has 5 aromatic rings. The van der Waals surface area contributed by atoms with E-state index in [0.717, 1.165) is 121 Å². The summed E-state index contributed by atoms with van der Waals surface area (Å²) in [6.45, 7) is 42.5. The van der Waals surface area contributed by atoms with Crippen LogP contribution in [-0.4, -0.2) is 208 Å². The molecule has 816 valence electrons. The number of esters is 1. The molecule has 4 unspecified atom stereocenters. The Bertz CT molecular complexity index is 5550. The average Bonchev–Trinajstić information content (AvgIpc) is 1.63. The van der Waals surface area contributed by atoms with Crippen LogP contribution in [0.25, 0.3) is 22.3 Å². The number of unbranched alkanes of at least 4 members (excludes halogenated alkanes) is 2. The van der Waals surface area contributed by atoms with E-state index in [4.69, 9.17) is 34.2 Å². The van der Waals surface area contributed by atoms with Crippen molar-refractivity contribution in [2.45, 2.75) is 395 Å². The maximum atomic E-state index is 14.1. The largest absolute Gasteiger partial charge is 0.471 e. The molecule has 0 bridgehead atoms. The van der Waals surface area contributed by atoms with Crippen molar-refractivity contribution in [3.8, 4) is 0 Å². The van der Waals surface area contributed by atoms with E-state index in [1.165, 1.54) is 95.5 Å². The summed E-state index contributed by atoms with van der Waals surface area (Å²) >= 11 is 0. The fourth-order valence-corrected chi connectivity index (χ4v) is 22.0. The molecule has 8 atom stereocenters. The standard InChI is InChI=1S/C32H46N2O5.C32H42N2O4.C29H40F3N3O4.C27H41N3O3/c1-21(2)19-28-26-20-22-11-9-10-14-24(22)25(26)17-18-34(28)30(36)27(33-31(37)39-32(3,4)5)15-16-29(35)38-23-12-7-6-8-13-23;1-22(2)19-29-27-20-24-13-9-10-14-25(24)26(27)15-17-34(29)30(35)28(33-31(36)38-32(3,4)5)16-18-37-21-23-11-7-6-8-12-23;1-18(2)16-24-22-17-19-10-6-7-11-20(19)21(22)13-15-35(24)25(36)23(34-27(38)39-28(3,4)5)12-8-9-14-33-26(37)29(30,31)32;1-18(2)16-24-22-17-19-10-6-7-11-20(19)21(22)13-15-30(24)25(31)23(12-8-9-14-28)29-26(32)33-27(3,4)5/h9-11,14,21,23,27-28H,6-8,12-13,15-20H2,1-5H3,(H,33,37);6-14,22,28-29H,15-21H2,1-5H3,(H,33,36);6-7,10-11,18,23-24H,8-9,12-17H2,1-5H3,(H,33,37)(H,34,38);6-7,10-11,18,23-24H,8-9,12-17,28H2,1-5H3,(H,29,32)/t27-,28?;28-,29?;2*23-,24?/m1111/s1. The molecule has 149 heavy (non-hydrogen) atoms. The highest BCUT2D eigenvalue weighted by atomic mass is 19.4. The van der Waals surface area contributed by atoms with Crippen molar-refractivity contribution in [3.05, 3.63) is 200 Å². The first-order valence-electron chi connectivity index (χ1n) is 54.7. The number of nitrogens with zero attached hydrogens (tertiary/aromatic N) is 4. The second-order valence-corrected chi connectivity index (χ2v) is 47.0. The van der Waals surface area contributed by atoms with Crippen LogP contribution >= 0.6 is 0 Å². The van der Waals surface area contributed by atoms with Crippen LogP contribution in [0.2, 0.25) is 0 Å². The molecule has 9 aliphatic rings. The fourth-order valence-electron chi connectivity index (χ4n) is 22.0. The Kier molecular flexibility index (Phi) is 42.4. The third-order valence-electron chi connectivity index (χ3n) is 28.4. The smallest absolute Gasteiger partial charge is 0.462 e. The van der Waals surface area contributed by atoms with Gasteiger partial charge in [-0.25, -0.2) is 19.2 Å². The van der Waals surface area contributed by atoms with Crippen molar-refractivity contribution >= 4 is 82.2 Å². The van der Waals surface area contributed by atoms with Gasteiger partial charge in [0.15, 0.2) is 0 Å². The molecule has 26 nitrogen and oxygen atoms in total. The van der Waals surface area contributed by atoms with Crippen LogP contribution in [0.4, 0.5) is 32.3 Å². The van der Waals surface area contributed by atoms with Gasteiger partial charge in [-0.3, -0.25) is 28.8 Å². The van der Waals surface area contributed by atoms with Crippen LogP contribution in [0.15, 0.2) is 150 Å². The van der Waals surface area contributed by atoms with Gasteiger partial charge >= 0.3 is 42.4 Å². The molecule has 5 aromatic carbocycles. The molecule has 7 N–H and O–H groups in total. The maximum absolute atomic E-state index is 14.1. The monoisotopic (exact) mass is 2060 g/mol. The summed E-state index contributed by atoms with van der Waals surface area (Å²) in [7, 11) is 0. The van der Waals surface area contributed by atoms with E-state index in [-0.39, 0.29) is 92.1 Å². The number of alkyl halides is 3. The first-order chi connectivity index (χ1) is 70.4. The number of nitrogens with one attached hydrogen (secondary N) is 5. The Balaban J connectivity index is 0.000000189. The van der Waals surface area contributed by atoms with Crippen LogP contribution in [0.1, 0.15) is 330 Å². The van der Waals surface area contributed by atoms with Crippen molar-refractivity contribution in [1.29, 1.82) is 0 Å². The van der Waals surface area contributed by atoms with Crippen LogP contribution in [0.3, 0.4) is 0 Å². The molecular formula is C120H169F3N10O16. The van der Waals surface area contributed by atoms with Crippen molar-refractivity contribution in [2.24, 2.45) is 29.4 Å². The van der Waals surface area contributed by atoms with Crippen molar-refractivity contribution in [3.63, 3.8) is 0 Å². The Morgan fingerprint density at radius 3 is 0.973 bits per heavy atom. The Morgan fingerprint density at radius 1 is 0.376 bits per heavy atom. The summed E-state index contributed by atoms with van der Waals surface area (Å²) in [4.78, 5) is 138. The van der Waals surface area contributed by atoms with Gasteiger partial charge in [-0.15, -0.1) is 0 Å². The lowest BCUT2D eigenvalue weighted by atomic mass is 9.87. The normalized spacial score (nSPS) is 18.7. The van der Waals surface area contributed by atoms with Crippen molar-refractivity contribution in [2.75, 3.05) is 45.9 Å². The minimum Gasteiger partial charge on any atom is -0.462 e. The molecule has 0 radical (unpaired) electrons. The first kappa shape index (κ1) is 118. The number of ether oxygens (including phenoxy) is 6. The van der Waals surface area contributed by atoms with Gasteiger partial charge in [-0.2, -0.15) is 13.2 Å². The predicted molar refractivity (Wildman–Crippen MR) is 578 cm³/mol. The number of benzene rings is 5. The number of amides is 9. The van der Waals surface area contributed by atoms with Gasteiger partial charge in [0.05, 0.1) is 30.8 Å². The zero-order chi connectivity index (χ0) is 109. The molecule has 0 spiro atoms. The van der Waals surface area contributed by atoms with Crippen molar-refractivity contribution in [1.82, 2.24) is 46.2 Å². The van der Waals surface area contributed by atoms with E-state index in [0.29, 0.717) is 88.9 Å². The highest BCUT2D eigenvalue weighted by Gasteiger charge is 2.47. The number of hydrogen-bond acceptors (Lipinski definition) is 17. The average molecular weight is 2060 g/mol. The summed E-state index contributed by atoms with van der Waals surface area (Å²) < 4.78 is 70.8. The fraction of sp³-hybridized carbons (Fsp3) is 0.600. The highest BCUT2D eigenvalue weighted by molar-refractivity contribution is 5.93. The molecule has 4 aliphatic heterocycles. The number of carbonyl (C=O) groups is 10. The maximum Gasteiger partial charge on any atom is 0.471 e. The molecule has 0 aromatic heterocycles. The van der Waals surface area contributed by atoms with E-state index >= 15 is 0 Å². The van der Waals surface area contributed by atoms with E-state index in [9.17, 15) is 61.1 Å². The highest BCUT2D eigenvalue weighted by Crippen LogP contribution is 2.48. The van der Waals surface area contributed by atoms with Gasteiger partial charge in [0, 0.05) is 52.2 Å². The Hall–Kier alpha value is -11.3. The number of hydrogen-bond donors (Lipinski definition) is 6. The van der Waals surface area contributed by atoms with Gasteiger partial charge in [0.25, 0.3) is 0 Å². The van der Waals surface area contributed by atoms with E-state index in [1.807, 2.05) is 109 Å². The lowest BCUT2D eigenvalue weighted by Gasteiger charge is -2.40. The molecule has 14 rings (SSSR count). The number of rotatable bonds is 34. The number of alkyl carbamates (subject to hydrolysis) is 4. The van der Waals surface area contributed by atoms with Crippen molar-refractivity contribution < 1.29 is 89.5 Å². The molecule has 4 heterocycles. The molecular weight excluding hydrogens is 1890 g/mol. The van der Waals surface area contributed by atoms with Crippen LogP contribution in [0, 0.1) is 23.7 Å². The molecule has 5 aliphatic carbocycles. The summed E-state index contributed by atoms with van der Waals surface area (Å²) in [5, 5.41) is 13.1. The molecule has 0 saturated heterocycles. The molecule has 1 saturated carbocycles. The zero-order valence-electron chi connectivity index (χ0n) is 92.2. The number of nitrogens with two attached hydrogens (primary N) is 1. The summed E-state index contributed by atoms with van der Waals surface area (Å²) in [6, 6.07) is 40.8. The van der Waals surface area contributed by atoms with E-state index in [1.54, 1.807) is 41.5 Å². The second kappa shape index (κ2) is 53.6. The van der Waals surface area contributed by atoms with E-state index < -0.39 is 83.0 Å². The summed E-state index contributed by atoms with van der Waals surface area (Å²) in [5.74, 6) is -1.15. The SMILES string of the molecule is CC(C)CC1C2=C(CCN1C(=O)[C@@H](CCC(=O)OC1CCCCC1)NC(=O)OC(C)(C)C)c1ccccc1C2.CC(C)CC1C2=C(CCN1C(=O)[C@@H](CCCCN)NC(=O)OC(C)(C)C)c1ccccc1C2.CC(C)CC1C2=C(CCN1C(=O)[C@@H](CCCCNC(=O)C(F)(F)F)NC(=O)OC(C)(C)C)c1ccccc1C2.CC(C)CC1C2=C(CCN1C(=O)[C@@H](CCOCc1ccccc1)NC(=O)OC(C)(C)C)c1ccccc1C2. The second-order valence-electron chi connectivity index (χ2n) is 47.0. The molecule has 9 amide bonds. The van der Waals surface area contributed by atoms with Crippen LogP contribution in [0.5, 0.6) is 0 Å². The van der Waals surface area contributed by atoms with Crippen LogP contribution < -0.4 is 32.3 Å². The number of carbonyl (C=O) groups excluding carboxylic acids is 10. The topological polar surface area (TPSA) is 325 Å². The Labute approximate surface area is 883 Å². The lowest BCUT2D eigenvalue weighted by Crippen LogP contribution is -2.55. The number of halogens is 3. The lowest BCUT2D eigenvalue weighted by molar-refractivity contribution is -0.173. The molecule has 29 heteroatoms. The van der Waals surface area contributed by atoms with Gasteiger partial charge in [-0.05, 0) is 356 Å². The summed E-state index contributed by atoms with van der Waals surface area (Å²) in [5.41, 5.74) is 25.3. The minimum absolute atomic E-state index is 0.00830. The van der Waals surface area contributed by atoms with Gasteiger partial charge < -0.3 is 80.3 Å². The third kappa shape index (κ3) is 34.6. The summed E-state index contributed by atoms with van der Waals surface area (Å²) in [6.07, 6.45) is 11.3. The minimum atomic E-state index is -4.94.